The molecule has 0 amide bonds. The van der Waals surface area contributed by atoms with Crippen LogP contribution in [-0.2, 0) is 19.1 Å². The molecule has 0 radical (unpaired) electrons. The molecule has 0 aliphatic carbocycles. The zero-order chi connectivity index (χ0) is 32.1. The van der Waals surface area contributed by atoms with E-state index >= 15 is 0 Å². The van der Waals surface area contributed by atoms with Crippen molar-refractivity contribution in [3.63, 3.8) is 0 Å². The molecule has 0 bridgehead atoms. The summed E-state index contributed by atoms with van der Waals surface area (Å²) in [5.41, 5.74) is -0.104. The Morgan fingerprint density at radius 1 is 1.02 bits per heavy atom. The van der Waals surface area contributed by atoms with Gasteiger partial charge in [-0.25, -0.2) is 18.9 Å². The Kier molecular flexibility index (Phi) is 9.16. The normalized spacial score (nSPS) is 12.2. The summed E-state index contributed by atoms with van der Waals surface area (Å²) in [6, 6.07) is 16.2. The number of hydrogen-bond acceptors (Lipinski definition) is 6. The Bertz CT molecular complexity index is 1780. The SMILES string of the molecule is COc1cnn(CCCOc2ccc(CC(C)c3ccc(F)cc3-c3cccc(-n4ncc(C(=O)O)c4C(F)(F)F)n3)cc2)c1. The second-order valence-electron chi connectivity index (χ2n) is 10.3. The van der Waals surface area contributed by atoms with Gasteiger partial charge in [0.25, 0.3) is 0 Å². The number of halogens is 4. The molecule has 5 rings (SSSR count). The van der Waals surface area contributed by atoms with E-state index in [1.807, 2.05) is 37.4 Å². The first-order valence-corrected chi connectivity index (χ1v) is 14.0. The molecule has 5 aromatic rings. The van der Waals surface area contributed by atoms with E-state index in [1.54, 1.807) is 30.1 Å². The predicted molar refractivity (Wildman–Crippen MR) is 156 cm³/mol. The van der Waals surface area contributed by atoms with Crippen LogP contribution in [0.3, 0.4) is 0 Å². The van der Waals surface area contributed by atoms with Crippen molar-refractivity contribution in [3.05, 3.63) is 107 Å². The molecule has 0 aliphatic heterocycles. The fourth-order valence-electron chi connectivity index (χ4n) is 5.00. The summed E-state index contributed by atoms with van der Waals surface area (Å²) in [6.45, 7) is 3.15. The van der Waals surface area contributed by atoms with Gasteiger partial charge in [0.15, 0.2) is 17.3 Å². The molecule has 13 heteroatoms. The number of ether oxygens (including phenoxy) is 2. The van der Waals surface area contributed by atoms with Crippen LogP contribution in [0.1, 0.15) is 46.4 Å². The Hall–Kier alpha value is -5.20. The van der Waals surface area contributed by atoms with Crippen LogP contribution in [0.25, 0.3) is 17.1 Å². The van der Waals surface area contributed by atoms with E-state index in [4.69, 9.17) is 9.47 Å². The molecule has 0 aliphatic rings. The lowest BCUT2D eigenvalue weighted by molar-refractivity contribution is -0.143. The van der Waals surface area contributed by atoms with Gasteiger partial charge in [-0.05, 0) is 59.9 Å². The van der Waals surface area contributed by atoms with Crippen LogP contribution >= 0.6 is 0 Å². The molecule has 1 N–H and O–H groups in total. The molecule has 234 valence electrons. The van der Waals surface area contributed by atoms with E-state index in [1.165, 1.54) is 24.3 Å². The van der Waals surface area contributed by atoms with Crippen molar-refractivity contribution in [1.82, 2.24) is 24.5 Å². The van der Waals surface area contributed by atoms with Crippen molar-refractivity contribution in [2.24, 2.45) is 0 Å². The maximum absolute atomic E-state index is 14.5. The molecule has 3 aromatic heterocycles. The third-order valence-electron chi connectivity index (χ3n) is 7.15. The first kappa shape index (κ1) is 31.2. The van der Waals surface area contributed by atoms with Crippen molar-refractivity contribution < 1.29 is 36.9 Å². The topological polar surface area (TPSA) is 104 Å². The number of aromatic carboxylic acids is 1. The van der Waals surface area contributed by atoms with E-state index < -0.39 is 29.2 Å². The van der Waals surface area contributed by atoms with Gasteiger partial charge in [-0.2, -0.15) is 23.4 Å². The average Bonchev–Trinajstić information content (AvgIpc) is 3.68. The number of hydrogen-bond donors (Lipinski definition) is 1. The largest absolute Gasteiger partial charge is 0.494 e. The summed E-state index contributed by atoms with van der Waals surface area (Å²) in [7, 11) is 1.59. The molecule has 1 unspecified atom stereocenters. The van der Waals surface area contributed by atoms with Gasteiger partial charge in [0, 0.05) is 18.5 Å². The second-order valence-corrected chi connectivity index (χ2v) is 10.3. The Morgan fingerprint density at radius 3 is 2.49 bits per heavy atom. The van der Waals surface area contributed by atoms with Crippen molar-refractivity contribution in [1.29, 1.82) is 0 Å². The minimum absolute atomic E-state index is 0.127. The number of pyridine rings is 1. The zero-order valence-corrected chi connectivity index (χ0v) is 24.3. The van der Waals surface area contributed by atoms with Gasteiger partial charge >= 0.3 is 12.1 Å². The van der Waals surface area contributed by atoms with E-state index in [0.29, 0.717) is 41.8 Å². The number of rotatable bonds is 12. The maximum atomic E-state index is 14.5. The standard InChI is InChI=1S/C32H29F4N5O4/c1-20(15-21-7-10-23(11-8-21)45-14-4-13-40-19-24(44-2)17-37-40)25-12-9-22(33)16-26(25)28-5-3-6-29(39-28)41-30(32(34,35)36)27(18-38-41)31(42)43/h3,5-12,16-20H,4,13-15H2,1-2H3,(H,42,43). The van der Waals surface area contributed by atoms with Crippen LogP contribution < -0.4 is 9.47 Å². The number of benzene rings is 2. The molecule has 9 nitrogen and oxygen atoms in total. The van der Waals surface area contributed by atoms with Gasteiger partial charge in [0.05, 0.1) is 38.0 Å². The Balaban J connectivity index is 1.30. The number of aryl methyl sites for hydroxylation is 1. The van der Waals surface area contributed by atoms with Crippen molar-refractivity contribution >= 4 is 5.97 Å². The summed E-state index contributed by atoms with van der Waals surface area (Å²) in [6.07, 6.45) is 0.426. The van der Waals surface area contributed by atoms with Gasteiger partial charge in [0.2, 0.25) is 0 Å². The molecule has 0 fully saturated rings. The zero-order valence-electron chi connectivity index (χ0n) is 24.3. The van der Waals surface area contributed by atoms with Crippen LogP contribution in [0, 0.1) is 5.82 Å². The highest BCUT2D eigenvalue weighted by Crippen LogP contribution is 2.35. The van der Waals surface area contributed by atoms with Crippen molar-refractivity contribution in [2.45, 2.75) is 38.4 Å². The van der Waals surface area contributed by atoms with Crippen LogP contribution in [0.4, 0.5) is 17.6 Å². The van der Waals surface area contributed by atoms with E-state index in [0.717, 1.165) is 23.3 Å². The van der Waals surface area contributed by atoms with Crippen LogP contribution in [0.5, 0.6) is 11.5 Å². The average molecular weight is 624 g/mol. The Labute approximate surface area is 255 Å². The molecule has 0 saturated carbocycles. The summed E-state index contributed by atoms with van der Waals surface area (Å²) in [5.74, 6) is -1.27. The van der Waals surface area contributed by atoms with Crippen LogP contribution in [-0.4, -0.2) is 49.3 Å². The molecule has 1 atom stereocenters. The summed E-state index contributed by atoms with van der Waals surface area (Å²) in [4.78, 5) is 15.8. The lowest BCUT2D eigenvalue weighted by atomic mass is 9.89. The molecular weight excluding hydrogens is 594 g/mol. The third kappa shape index (κ3) is 7.31. The van der Waals surface area contributed by atoms with Crippen LogP contribution in [0.2, 0.25) is 0 Å². The molecule has 2 aromatic carbocycles. The minimum Gasteiger partial charge on any atom is -0.494 e. The molecular formula is C32H29F4N5O4. The minimum atomic E-state index is -5.00. The number of methoxy groups -OCH3 is 1. The maximum Gasteiger partial charge on any atom is 0.434 e. The van der Waals surface area contributed by atoms with Crippen molar-refractivity contribution in [2.75, 3.05) is 13.7 Å². The summed E-state index contributed by atoms with van der Waals surface area (Å²) >= 11 is 0. The van der Waals surface area contributed by atoms with Gasteiger partial charge < -0.3 is 14.6 Å². The van der Waals surface area contributed by atoms with Gasteiger partial charge in [-0.15, -0.1) is 0 Å². The molecule has 0 saturated heterocycles. The monoisotopic (exact) mass is 623 g/mol. The van der Waals surface area contributed by atoms with Gasteiger partial charge in [0.1, 0.15) is 17.1 Å². The number of carbonyl (C=O) groups is 1. The molecule has 0 spiro atoms. The third-order valence-corrected chi connectivity index (χ3v) is 7.15. The number of aromatic nitrogens is 5. The molecule has 45 heavy (non-hydrogen) atoms. The smallest absolute Gasteiger partial charge is 0.434 e. The van der Waals surface area contributed by atoms with E-state index in [-0.39, 0.29) is 17.4 Å². The highest BCUT2D eigenvalue weighted by molar-refractivity contribution is 5.89. The van der Waals surface area contributed by atoms with Crippen molar-refractivity contribution in [3.8, 4) is 28.6 Å². The summed E-state index contributed by atoms with van der Waals surface area (Å²) < 4.78 is 69.1. The fraction of sp³-hybridized carbons (Fsp3) is 0.250. The first-order valence-electron chi connectivity index (χ1n) is 14.0. The lowest BCUT2D eigenvalue weighted by Gasteiger charge is -2.18. The van der Waals surface area contributed by atoms with E-state index in [9.17, 15) is 27.5 Å². The number of carboxylic acid groups (broad SMARTS) is 1. The highest BCUT2D eigenvalue weighted by Gasteiger charge is 2.41. The number of alkyl halides is 3. The molecule has 3 heterocycles. The summed E-state index contributed by atoms with van der Waals surface area (Å²) in [5, 5.41) is 17.1. The van der Waals surface area contributed by atoms with Gasteiger partial charge in [-0.1, -0.05) is 31.2 Å². The Morgan fingerprint density at radius 2 is 1.80 bits per heavy atom. The fourth-order valence-corrected chi connectivity index (χ4v) is 5.00. The number of carboxylic acids is 1. The van der Waals surface area contributed by atoms with E-state index in [2.05, 4.69) is 15.2 Å². The highest BCUT2D eigenvalue weighted by atomic mass is 19.4. The lowest BCUT2D eigenvalue weighted by Crippen LogP contribution is -2.18. The number of nitrogens with zero attached hydrogens (tertiary/aromatic N) is 5. The second kappa shape index (κ2) is 13.2. The first-order chi connectivity index (χ1) is 21.5. The van der Waals surface area contributed by atoms with Crippen LogP contribution in [0.15, 0.2) is 79.3 Å². The predicted octanol–water partition coefficient (Wildman–Crippen LogP) is 6.81. The van der Waals surface area contributed by atoms with Gasteiger partial charge in [-0.3, -0.25) is 4.68 Å². The quantitative estimate of drug-likeness (QED) is 0.120.